The second-order valence-corrected chi connectivity index (χ2v) is 5.71. The largest absolute Gasteiger partial charge is 0.358 e. The van der Waals surface area contributed by atoms with Crippen LogP contribution in [0.4, 0.5) is 0 Å². The Kier molecular flexibility index (Phi) is 5.01. The highest BCUT2D eigenvalue weighted by molar-refractivity contribution is 5.81. The normalized spacial score (nSPS) is 34.2. The third-order valence-electron chi connectivity index (χ3n) is 4.69. The van der Waals surface area contributed by atoms with Crippen LogP contribution < -0.4 is 11.1 Å². The zero-order chi connectivity index (χ0) is 13.0. The van der Waals surface area contributed by atoms with Crippen molar-refractivity contribution in [1.29, 1.82) is 0 Å². The Bertz CT molecular complexity index is 282. The van der Waals surface area contributed by atoms with Gasteiger partial charge >= 0.3 is 0 Å². The molecule has 0 spiro atoms. The van der Waals surface area contributed by atoms with Gasteiger partial charge in [0, 0.05) is 13.1 Å². The molecular formula is C14H27N3O. The minimum absolute atomic E-state index is 0.0842. The molecular weight excluding hydrogens is 226 g/mol. The summed E-state index contributed by atoms with van der Waals surface area (Å²) in [7, 11) is 1.75. The van der Waals surface area contributed by atoms with E-state index in [0.29, 0.717) is 12.0 Å². The van der Waals surface area contributed by atoms with Crippen molar-refractivity contribution in [1.82, 2.24) is 10.2 Å². The van der Waals surface area contributed by atoms with E-state index >= 15 is 0 Å². The van der Waals surface area contributed by atoms with Crippen molar-refractivity contribution in [2.45, 2.75) is 57.0 Å². The number of likely N-dealkylation sites (N-methyl/N-ethyl adjacent to an activating group) is 1. The van der Waals surface area contributed by atoms with E-state index in [-0.39, 0.29) is 11.9 Å². The summed E-state index contributed by atoms with van der Waals surface area (Å²) in [5.41, 5.74) is 5.93. The van der Waals surface area contributed by atoms with E-state index in [1.165, 1.54) is 38.5 Å². The summed E-state index contributed by atoms with van der Waals surface area (Å²) in [5.74, 6) is 0.778. The van der Waals surface area contributed by atoms with Gasteiger partial charge in [-0.25, -0.2) is 0 Å². The topological polar surface area (TPSA) is 58.4 Å². The Balaban J connectivity index is 2.09. The highest BCUT2D eigenvalue weighted by atomic mass is 16.2. The van der Waals surface area contributed by atoms with Gasteiger partial charge in [0.05, 0.1) is 6.04 Å². The van der Waals surface area contributed by atoms with Gasteiger partial charge in [-0.3, -0.25) is 9.69 Å². The number of nitrogens with zero attached hydrogens (tertiary/aromatic N) is 1. The third-order valence-corrected chi connectivity index (χ3v) is 4.69. The number of nitrogens with one attached hydrogen (secondary N) is 1. The van der Waals surface area contributed by atoms with E-state index < -0.39 is 0 Å². The van der Waals surface area contributed by atoms with Crippen molar-refractivity contribution in [3.05, 3.63) is 0 Å². The van der Waals surface area contributed by atoms with E-state index in [9.17, 15) is 4.79 Å². The molecule has 0 aromatic carbocycles. The first-order chi connectivity index (χ1) is 8.77. The van der Waals surface area contributed by atoms with Crippen LogP contribution in [0.5, 0.6) is 0 Å². The highest BCUT2D eigenvalue weighted by Crippen LogP contribution is 2.32. The molecule has 1 saturated carbocycles. The average molecular weight is 253 g/mol. The van der Waals surface area contributed by atoms with E-state index in [1.54, 1.807) is 7.05 Å². The number of likely N-dealkylation sites (tertiary alicyclic amines) is 1. The molecule has 2 rings (SSSR count). The van der Waals surface area contributed by atoms with Crippen LogP contribution in [-0.4, -0.2) is 43.0 Å². The summed E-state index contributed by atoms with van der Waals surface area (Å²) in [6.45, 7) is 1.83. The first-order valence-corrected chi connectivity index (χ1v) is 7.45. The van der Waals surface area contributed by atoms with Crippen LogP contribution in [0, 0.1) is 5.92 Å². The summed E-state index contributed by atoms with van der Waals surface area (Å²) in [6.07, 6.45) is 8.45. The molecule has 3 N–H and O–H groups in total. The molecule has 0 aromatic heterocycles. The smallest absolute Gasteiger partial charge is 0.237 e. The Morgan fingerprint density at radius 2 is 1.94 bits per heavy atom. The summed E-state index contributed by atoms with van der Waals surface area (Å²) < 4.78 is 0. The predicted octanol–water partition coefficient (Wildman–Crippen LogP) is 1.10. The summed E-state index contributed by atoms with van der Waals surface area (Å²) in [4.78, 5) is 14.5. The number of rotatable bonds is 3. The fraction of sp³-hybridized carbons (Fsp3) is 0.929. The van der Waals surface area contributed by atoms with Crippen molar-refractivity contribution in [3.63, 3.8) is 0 Å². The summed E-state index contributed by atoms with van der Waals surface area (Å²) in [6, 6.07) is 0.618. The lowest BCUT2D eigenvalue weighted by Crippen LogP contribution is -2.56. The lowest BCUT2D eigenvalue weighted by Gasteiger charge is -2.45. The van der Waals surface area contributed by atoms with E-state index in [2.05, 4.69) is 10.2 Å². The first kappa shape index (κ1) is 13.8. The number of carbonyl (C=O) groups is 1. The standard InChI is InChI=1S/C14H27N3O/c1-16-14(18)13-8-4-5-9-17(13)12-7-3-2-6-11(12)10-15/h11-13H,2-10,15H2,1H3,(H,16,18). The van der Waals surface area contributed by atoms with Crippen LogP contribution in [0.3, 0.4) is 0 Å². The Morgan fingerprint density at radius 3 is 2.67 bits per heavy atom. The van der Waals surface area contributed by atoms with Gasteiger partial charge in [-0.15, -0.1) is 0 Å². The van der Waals surface area contributed by atoms with Gasteiger partial charge in [0.15, 0.2) is 0 Å². The van der Waals surface area contributed by atoms with Gasteiger partial charge in [-0.1, -0.05) is 19.3 Å². The van der Waals surface area contributed by atoms with Gasteiger partial charge in [0.1, 0.15) is 0 Å². The average Bonchev–Trinajstić information content (AvgIpc) is 2.46. The molecule has 2 fully saturated rings. The molecule has 0 radical (unpaired) electrons. The van der Waals surface area contributed by atoms with E-state index in [4.69, 9.17) is 5.73 Å². The summed E-state index contributed by atoms with van der Waals surface area (Å²) >= 11 is 0. The lowest BCUT2D eigenvalue weighted by molar-refractivity contribution is -0.129. The molecule has 3 unspecified atom stereocenters. The molecule has 0 aromatic rings. The first-order valence-electron chi connectivity index (χ1n) is 7.45. The molecule has 1 amide bonds. The molecule has 1 heterocycles. The second kappa shape index (κ2) is 6.53. The minimum Gasteiger partial charge on any atom is -0.358 e. The molecule has 0 bridgehead atoms. The zero-order valence-electron chi connectivity index (χ0n) is 11.5. The van der Waals surface area contributed by atoms with Gasteiger partial charge in [0.2, 0.25) is 5.91 Å². The second-order valence-electron chi connectivity index (χ2n) is 5.71. The molecule has 4 nitrogen and oxygen atoms in total. The third kappa shape index (κ3) is 2.86. The van der Waals surface area contributed by atoms with Gasteiger partial charge in [-0.2, -0.15) is 0 Å². The van der Waals surface area contributed by atoms with Crippen LogP contribution in [0.15, 0.2) is 0 Å². The number of piperidine rings is 1. The number of amides is 1. The SMILES string of the molecule is CNC(=O)C1CCCCN1C1CCCCC1CN. The van der Waals surface area contributed by atoms with Gasteiger partial charge in [-0.05, 0) is 44.7 Å². The van der Waals surface area contributed by atoms with Crippen LogP contribution in [-0.2, 0) is 4.79 Å². The van der Waals surface area contributed by atoms with Crippen LogP contribution in [0.25, 0.3) is 0 Å². The maximum atomic E-state index is 12.0. The summed E-state index contributed by atoms with van der Waals surface area (Å²) in [5, 5.41) is 2.82. The maximum absolute atomic E-state index is 12.0. The fourth-order valence-electron chi connectivity index (χ4n) is 3.70. The van der Waals surface area contributed by atoms with Crippen molar-refractivity contribution in [2.24, 2.45) is 11.7 Å². The minimum atomic E-state index is 0.0842. The van der Waals surface area contributed by atoms with E-state index in [0.717, 1.165) is 19.5 Å². The zero-order valence-corrected chi connectivity index (χ0v) is 11.5. The quantitative estimate of drug-likeness (QED) is 0.792. The Morgan fingerprint density at radius 1 is 1.22 bits per heavy atom. The Hall–Kier alpha value is -0.610. The fourth-order valence-corrected chi connectivity index (χ4v) is 3.70. The van der Waals surface area contributed by atoms with Crippen molar-refractivity contribution in [3.8, 4) is 0 Å². The van der Waals surface area contributed by atoms with E-state index in [1.807, 2.05) is 0 Å². The number of carbonyl (C=O) groups excluding carboxylic acids is 1. The molecule has 1 aliphatic carbocycles. The van der Waals surface area contributed by atoms with Gasteiger partial charge < -0.3 is 11.1 Å². The molecule has 18 heavy (non-hydrogen) atoms. The van der Waals surface area contributed by atoms with Crippen molar-refractivity contribution < 1.29 is 4.79 Å². The number of hydrogen-bond acceptors (Lipinski definition) is 3. The van der Waals surface area contributed by atoms with Crippen LogP contribution in [0.1, 0.15) is 44.9 Å². The molecule has 104 valence electrons. The molecule has 3 atom stereocenters. The van der Waals surface area contributed by atoms with Crippen LogP contribution >= 0.6 is 0 Å². The predicted molar refractivity (Wildman–Crippen MR) is 73.2 cm³/mol. The van der Waals surface area contributed by atoms with Crippen molar-refractivity contribution in [2.75, 3.05) is 20.1 Å². The number of hydrogen-bond donors (Lipinski definition) is 2. The highest BCUT2D eigenvalue weighted by Gasteiger charge is 2.37. The molecule has 1 aliphatic heterocycles. The lowest BCUT2D eigenvalue weighted by atomic mass is 9.81. The number of nitrogens with two attached hydrogens (primary N) is 1. The molecule has 1 saturated heterocycles. The molecule has 2 aliphatic rings. The molecule has 4 heteroatoms. The van der Waals surface area contributed by atoms with Crippen LogP contribution in [0.2, 0.25) is 0 Å². The Labute approximate surface area is 110 Å². The maximum Gasteiger partial charge on any atom is 0.237 e. The van der Waals surface area contributed by atoms with Gasteiger partial charge in [0.25, 0.3) is 0 Å². The van der Waals surface area contributed by atoms with Crippen molar-refractivity contribution >= 4 is 5.91 Å². The monoisotopic (exact) mass is 253 g/mol.